The summed E-state index contributed by atoms with van der Waals surface area (Å²) >= 11 is 0. The van der Waals surface area contributed by atoms with Gasteiger partial charge in [0.05, 0.1) is 23.9 Å². The van der Waals surface area contributed by atoms with E-state index >= 15 is 0 Å². The number of carbonyl (C=O) groups excluding carboxylic acids is 2. The number of benzene rings is 1. The van der Waals surface area contributed by atoms with Crippen LogP contribution in [-0.4, -0.2) is 36.6 Å². The van der Waals surface area contributed by atoms with Gasteiger partial charge < -0.3 is 15.4 Å². The molecule has 0 aliphatic rings. The lowest BCUT2D eigenvalue weighted by molar-refractivity contribution is -0.123. The van der Waals surface area contributed by atoms with Crippen LogP contribution in [0.25, 0.3) is 0 Å². The third-order valence-electron chi connectivity index (χ3n) is 3.08. The molecule has 1 heterocycles. The van der Waals surface area contributed by atoms with Gasteiger partial charge in [-0.25, -0.2) is 4.98 Å². The Hall–Kier alpha value is -3.10. The van der Waals surface area contributed by atoms with Gasteiger partial charge in [0, 0.05) is 12.3 Å². The van der Waals surface area contributed by atoms with E-state index in [9.17, 15) is 22.8 Å². The van der Waals surface area contributed by atoms with Crippen molar-refractivity contribution in [3.8, 4) is 5.88 Å². The minimum atomic E-state index is -4.53. The summed E-state index contributed by atoms with van der Waals surface area (Å²) in [6.07, 6.45) is -3.25. The van der Waals surface area contributed by atoms with Crippen molar-refractivity contribution in [2.75, 3.05) is 19.0 Å². The van der Waals surface area contributed by atoms with Crippen LogP contribution in [0.5, 0.6) is 5.88 Å². The number of halogens is 3. The van der Waals surface area contributed by atoms with Gasteiger partial charge in [0.1, 0.15) is 6.54 Å². The molecular formula is C16H14F3N3O3. The molecule has 0 bridgehead atoms. The Morgan fingerprint density at radius 1 is 1.12 bits per heavy atom. The molecule has 0 fully saturated rings. The Labute approximate surface area is 141 Å². The molecule has 132 valence electrons. The molecule has 2 rings (SSSR count). The smallest absolute Gasteiger partial charge is 0.405 e. The predicted octanol–water partition coefficient (Wildman–Crippen LogP) is 2.63. The highest BCUT2D eigenvalue weighted by atomic mass is 19.4. The van der Waals surface area contributed by atoms with Gasteiger partial charge in [0.25, 0.3) is 11.8 Å². The summed E-state index contributed by atoms with van der Waals surface area (Å²) in [7, 11) is 1.43. The number of amides is 2. The van der Waals surface area contributed by atoms with Gasteiger partial charge in [-0.3, -0.25) is 9.59 Å². The van der Waals surface area contributed by atoms with Crippen molar-refractivity contribution in [3.05, 3.63) is 53.7 Å². The maximum absolute atomic E-state index is 12.2. The SMILES string of the molecule is COc1ccc(C(=O)Nc2ccccc2C(=O)NCC(F)(F)F)cn1. The molecular weight excluding hydrogens is 339 g/mol. The van der Waals surface area contributed by atoms with Crippen molar-refractivity contribution >= 4 is 17.5 Å². The van der Waals surface area contributed by atoms with E-state index in [0.29, 0.717) is 5.88 Å². The number of carbonyl (C=O) groups is 2. The van der Waals surface area contributed by atoms with Crippen LogP contribution in [0.15, 0.2) is 42.6 Å². The Bertz CT molecular complexity index is 761. The second kappa shape index (κ2) is 7.65. The normalized spacial score (nSPS) is 10.9. The molecule has 0 spiro atoms. The zero-order valence-electron chi connectivity index (χ0n) is 13.1. The number of ether oxygens (including phenoxy) is 1. The molecule has 1 aromatic heterocycles. The zero-order chi connectivity index (χ0) is 18.4. The molecule has 9 heteroatoms. The van der Waals surface area contributed by atoms with Gasteiger partial charge in [0.2, 0.25) is 5.88 Å². The van der Waals surface area contributed by atoms with Crippen LogP contribution in [0.1, 0.15) is 20.7 Å². The molecule has 0 radical (unpaired) electrons. The number of rotatable bonds is 5. The minimum Gasteiger partial charge on any atom is -0.481 e. The maximum atomic E-state index is 12.2. The highest BCUT2D eigenvalue weighted by molar-refractivity contribution is 6.08. The fraction of sp³-hybridized carbons (Fsp3) is 0.188. The van der Waals surface area contributed by atoms with Crippen molar-refractivity contribution in [3.63, 3.8) is 0 Å². The van der Waals surface area contributed by atoms with Gasteiger partial charge in [-0.05, 0) is 18.2 Å². The molecule has 2 amide bonds. The van der Waals surface area contributed by atoms with Crippen LogP contribution in [0.3, 0.4) is 0 Å². The summed E-state index contributed by atoms with van der Waals surface area (Å²) in [5, 5.41) is 4.24. The maximum Gasteiger partial charge on any atom is 0.405 e. The second-order valence-electron chi connectivity index (χ2n) is 4.89. The van der Waals surface area contributed by atoms with Gasteiger partial charge in [0.15, 0.2) is 0 Å². The summed E-state index contributed by atoms with van der Waals surface area (Å²) in [4.78, 5) is 28.0. The van der Waals surface area contributed by atoms with Gasteiger partial charge in [-0.1, -0.05) is 12.1 Å². The lowest BCUT2D eigenvalue weighted by Crippen LogP contribution is -2.34. The molecule has 0 aliphatic heterocycles. The van der Waals surface area contributed by atoms with Crippen molar-refractivity contribution in [1.82, 2.24) is 10.3 Å². The molecule has 0 saturated heterocycles. The number of hydrogen-bond donors (Lipinski definition) is 2. The lowest BCUT2D eigenvalue weighted by Gasteiger charge is -2.12. The van der Waals surface area contributed by atoms with Crippen molar-refractivity contribution in [2.24, 2.45) is 0 Å². The second-order valence-corrected chi connectivity index (χ2v) is 4.89. The van der Waals surface area contributed by atoms with E-state index in [4.69, 9.17) is 4.74 Å². The van der Waals surface area contributed by atoms with E-state index in [-0.39, 0.29) is 16.8 Å². The monoisotopic (exact) mass is 353 g/mol. The lowest BCUT2D eigenvalue weighted by atomic mass is 10.1. The molecule has 2 N–H and O–H groups in total. The van der Waals surface area contributed by atoms with Crippen LogP contribution in [0.4, 0.5) is 18.9 Å². The third-order valence-corrected chi connectivity index (χ3v) is 3.08. The van der Waals surface area contributed by atoms with E-state index in [0.717, 1.165) is 0 Å². The fourth-order valence-electron chi connectivity index (χ4n) is 1.90. The zero-order valence-corrected chi connectivity index (χ0v) is 13.1. The summed E-state index contributed by atoms with van der Waals surface area (Å²) in [5.41, 5.74) is 0.205. The van der Waals surface area contributed by atoms with Crippen molar-refractivity contribution in [2.45, 2.75) is 6.18 Å². The Morgan fingerprint density at radius 2 is 1.84 bits per heavy atom. The van der Waals surface area contributed by atoms with Crippen molar-refractivity contribution < 1.29 is 27.5 Å². The summed E-state index contributed by atoms with van der Waals surface area (Å²) in [5.74, 6) is -1.18. The van der Waals surface area contributed by atoms with Crippen LogP contribution >= 0.6 is 0 Å². The quantitative estimate of drug-likeness (QED) is 0.866. The average molecular weight is 353 g/mol. The first-order valence-corrected chi connectivity index (χ1v) is 7.05. The summed E-state index contributed by atoms with van der Waals surface area (Å²) in [6.45, 7) is -1.46. The van der Waals surface area contributed by atoms with Crippen LogP contribution in [-0.2, 0) is 0 Å². The van der Waals surface area contributed by atoms with Crippen LogP contribution in [0, 0.1) is 0 Å². The van der Waals surface area contributed by atoms with E-state index in [1.165, 1.54) is 43.6 Å². The van der Waals surface area contributed by atoms with Gasteiger partial charge in [-0.15, -0.1) is 0 Å². The molecule has 2 aromatic rings. The number of hydrogen-bond acceptors (Lipinski definition) is 4. The third kappa shape index (κ3) is 5.20. The van der Waals surface area contributed by atoms with Crippen LogP contribution < -0.4 is 15.4 Å². The van der Waals surface area contributed by atoms with E-state index in [1.807, 2.05) is 0 Å². The van der Waals surface area contributed by atoms with Crippen LogP contribution in [0.2, 0.25) is 0 Å². The number of methoxy groups -OCH3 is 1. The minimum absolute atomic E-state index is 0.0819. The number of nitrogens with one attached hydrogen (secondary N) is 2. The number of nitrogens with zero attached hydrogens (tertiary/aromatic N) is 1. The molecule has 25 heavy (non-hydrogen) atoms. The highest BCUT2D eigenvalue weighted by Gasteiger charge is 2.28. The largest absolute Gasteiger partial charge is 0.481 e. The Kier molecular flexibility index (Phi) is 5.58. The molecule has 0 unspecified atom stereocenters. The Morgan fingerprint density at radius 3 is 2.44 bits per heavy atom. The number of anilines is 1. The predicted molar refractivity (Wildman–Crippen MR) is 83.6 cm³/mol. The van der Waals surface area contributed by atoms with Crippen molar-refractivity contribution in [1.29, 1.82) is 0 Å². The first-order chi connectivity index (χ1) is 11.8. The molecule has 0 saturated carbocycles. The van der Waals surface area contributed by atoms with E-state index in [2.05, 4.69) is 10.3 Å². The van der Waals surface area contributed by atoms with E-state index in [1.54, 1.807) is 11.4 Å². The van der Waals surface area contributed by atoms with Gasteiger partial charge >= 0.3 is 6.18 Å². The highest BCUT2D eigenvalue weighted by Crippen LogP contribution is 2.18. The number of pyridine rings is 1. The summed E-state index contributed by atoms with van der Waals surface area (Å²) in [6, 6.07) is 8.70. The molecule has 1 aromatic carbocycles. The van der Waals surface area contributed by atoms with Gasteiger partial charge in [-0.2, -0.15) is 13.2 Å². The standard InChI is InChI=1S/C16H14F3N3O3/c1-25-13-7-6-10(8-20-13)14(23)22-12-5-3-2-4-11(12)15(24)21-9-16(17,18)19/h2-8H,9H2,1H3,(H,21,24)(H,22,23). The Balaban J connectivity index is 2.14. The number of alkyl halides is 3. The average Bonchev–Trinajstić information content (AvgIpc) is 2.59. The molecule has 0 atom stereocenters. The number of aromatic nitrogens is 1. The first kappa shape index (κ1) is 18.2. The first-order valence-electron chi connectivity index (χ1n) is 7.05. The summed E-state index contributed by atoms with van der Waals surface area (Å²) < 4.78 is 41.6. The molecule has 6 nitrogen and oxygen atoms in total. The topological polar surface area (TPSA) is 80.3 Å². The number of para-hydroxylation sites is 1. The fourth-order valence-corrected chi connectivity index (χ4v) is 1.90. The molecule has 0 aliphatic carbocycles. The van der Waals surface area contributed by atoms with E-state index < -0.39 is 24.5 Å².